The highest BCUT2D eigenvalue weighted by Gasteiger charge is 2.15. The molecule has 0 radical (unpaired) electrons. The van der Waals surface area contributed by atoms with E-state index in [4.69, 9.17) is 14.2 Å². The summed E-state index contributed by atoms with van der Waals surface area (Å²) in [5.74, 6) is 0.437. The standard InChI is InChI=1S/C20H18N2O5S/c1-25-15-7-3-13(4-8-15)18(23)11-27-19(24)17-12-28-20(22-17)21-14-5-9-16(26-2)10-6-14/h3-10,12H,11H2,1-2H3,(H,21,22). The Balaban J connectivity index is 1.55. The van der Waals surface area contributed by atoms with Crippen LogP contribution in [0.3, 0.4) is 0 Å². The molecular weight excluding hydrogens is 380 g/mol. The smallest absolute Gasteiger partial charge is 0.358 e. The topological polar surface area (TPSA) is 86.8 Å². The first-order valence-corrected chi connectivity index (χ1v) is 9.18. The van der Waals surface area contributed by atoms with Gasteiger partial charge in [0.25, 0.3) is 0 Å². The molecule has 0 aliphatic heterocycles. The van der Waals surface area contributed by atoms with E-state index in [1.807, 2.05) is 24.3 Å². The minimum absolute atomic E-state index is 0.142. The second-order valence-electron chi connectivity index (χ2n) is 5.62. The second kappa shape index (κ2) is 9.01. The number of esters is 1. The third-order valence-corrected chi connectivity index (χ3v) is 4.56. The maximum atomic E-state index is 12.1. The number of ether oxygens (including phenoxy) is 3. The minimum Gasteiger partial charge on any atom is -0.497 e. The van der Waals surface area contributed by atoms with Crippen LogP contribution in [0, 0.1) is 0 Å². The van der Waals surface area contributed by atoms with Crippen LogP contribution < -0.4 is 14.8 Å². The number of nitrogens with zero attached hydrogens (tertiary/aromatic N) is 1. The van der Waals surface area contributed by atoms with E-state index in [9.17, 15) is 9.59 Å². The lowest BCUT2D eigenvalue weighted by Crippen LogP contribution is -2.14. The zero-order valence-electron chi connectivity index (χ0n) is 15.3. The van der Waals surface area contributed by atoms with Gasteiger partial charge in [0.05, 0.1) is 14.2 Å². The number of hydrogen-bond donors (Lipinski definition) is 1. The number of anilines is 2. The summed E-state index contributed by atoms with van der Waals surface area (Å²) >= 11 is 1.26. The molecule has 0 fully saturated rings. The first kappa shape index (κ1) is 19.4. The van der Waals surface area contributed by atoms with Crippen molar-refractivity contribution in [1.82, 2.24) is 4.98 Å². The lowest BCUT2D eigenvalue weighted by molar-refractivity contribution is 0.0470. The van der Waals surface area contributed by atoms with Crippen molar-refractivity contribution in [1.29, 1.82) is 0 Å². The summed E-state index contributed by atoms with van der Waals surface area (Å²) < 4.78 is 15.2. The molecule has 0 aliphatic rings. The van der Waals surface area contributed by atoms with Crippen molar-refractivity contribution in [3.8, 4) is 11.5 Å². The predicted molar refractivity (Wildman–Crippen MR) is 106 cm³/mol. The monoisotopic (exact) mass is 398 g/mol. The third-order valence-electron chi connectivity index (χ3n) is 3.80. The van der Waals surface area contributed by atoms with E-state index in [0.717, 1.165) is 11.4 Å². The van der Waals surface area contributed by atoms with Crippen molar-refractivity contribution < 1.29 is 23.8 Å². The van der Waals surface area contributed by atoms with Crippen molar-refractivity contribution in [2.45, 2.75) is 0 Å². The number of thiazole rings is 1. The van der Waals surface area contributed by atoms with E-state index in [0.29, 0.717) is 16.4 Å². The van der Waals surface area contributed by atoms with Gasteiger partial charge in [0.1, 0.15) is 11.5 Å². The Morgan fingerprint density at radius 2 is 1.57 bits per heavy atom. The van der Waals surface area contributed by atoms with Gasteiger partial charge in [0.2, 0.25) is 0 Å². The SMILES string of the molecule is COc1ccc(Nc2nc(C(=O)OCC(=O)c3ccc(OC)cc3)cs2)cc1. The number of ketones is 1. The van der Waals surface area contributed by atoms with Gasteiger partial charge in [-0.05, 0) is 48.5 Å². The van der Waals surface area contributed by atoms with Crippen LogP contribution in [0.15, 0.2) is 53.9 Å². The highest BCUT2D eigenvalue weighted by atomic mass is 32.1. The zero-order chi connectivity index (χ0) is 19.9. The number of Topliss-reactive ketones (excluding diaryl/α,β-unsaturated/α-hetero) is 1. The molecule has 144 valence electrons. The normalized spacial score (nSPS) is 10.2. The van der Waals surface area contributed by atoms with Crippen molar-refractivity contribution in [2.75, 3.05) is 26.1 Å². The number of methoxy groups -OCH3 is 2. The lowest BCUT2D eigenvalue weighted by atomic mass is 10.1. The summed E-state index contributed by atoms with van der Waals surface area (Å²) in [5, 5.41) is 5.21. The van der Waals surface area contributed by atoms with Crippen molar-refractivity contribution >= 4 is 33.9 Å². The molecule has 1 heterocycles. The van der Waals surface area contributed by atoms with E-state index in [1.165, 1.54) is 11.3 Å². The summed E-state index contributed by atoms with van der Waals surface area (Å²) in [7, 11) is 3.14. The van der Waals surface area contributed by atoms with Gasteiger partial charge in [-0.25, -0.2) is 9.78 Å². The van der Waals surface area contributed by atoms with E-state index in [-0.39, 0.29) is 18.1 Å². The van der Waals surface area contributed by atoms with Crippen LogP contribution in [0.5, 0.6) is 11.5 Å². The highest BCUT2D eigenvalue weighted by molar-refractivity contribution is 7.14. The minimum atomic E-state index is -0.652. The molecule has 0 saturated carbocycles. The molecule has 7 nitrogen and oxygen atoms in total. The number of benzene rings is 2. The van der Waals surface area contributed by atoms with Crippen LogP contribution in [-0.2, 0) is 4.74 Å². The summed E-state index contributed by atoms with van der Waals surface area (Å²) in [6.45, 7) is -0.357. The molecule has 28 heavy (non-hydrogen) atoms. The molecule has 1 aromatic heterocycles. The van der Waals surface area contributed by atoms with Gasteiger partial charge in [-0.15, -0.1) is 11.3 Å². The Morgan fingerprint density at radius 1 is 0.964 bits per heavy atom. The van der Waals surface area contributed by atoms with Crippen LogP contribution in [0.1, 0.15) is 20.8 Å². The average Bonchev–Trinajstić information content (AvgIpc) is 3.21. The Morgan fingerprint density at radius 3 is 2.18 bits per heavy atom. The fourth-order valence-electron chi connectivity index (χ4n) is 2.29. The molecule has 8 heteroatoms. The molecule has 0 saturated heterocycles. The van der Waals surface area contributed by atoms with Crippen LogP contribution in [0.25, 0.3) is 0 Å². The van der Waals surface area contributed by atoms with E-state index >= 15 is 0 Å². The van der Waals surface area contributed by atoms with Crippen LogP contribution in [0.4, 0.5) is 10.8 Å². The summed E-state index contributed by atoms with van der Waals surface area (Å²) in [4.78, 5) is 28.5. The molecule has 3 rings (SSSR count). The number of carbonyl (C=O) groups excluding carboxylic acids is 2. The van der Waals surface area contributed by atoms with Gasteiger partial charge in [0, 0.05) is 16.6 Å². The molecule has 3 aromatic rings. The zero-order valence-corrected chi connectivity index (χ0v) is 16.1. The van der Waals surface area contributed by atoms with Gasteiger partial charge in [-0.1, -0.05) is 0 Å². The number of carbonyl (C=O) groups is 2. The summed E-state index contributed by atoms with van der Waals surface area (Å²) in [6, 6.07) is 13.9. The molecule has 0 spiro atoms. The molecule has 0 bridgehead atoms. The number of hydrogen-bond acceptors (Lipinski definition) is 8. The molecule has 1 N–H and O–H groups in total. The van der Waals surface area contributed by atoms with E-state index in [2.05, 4.69) is 10.3 Å². The quantitative estimate of drug-likeness (QED) is 0.454. The predicted octanol–water partition coefficient (Wildman–Crippen LogP) is 3.94. The molecule has 0 atom stereocenters. The van der Waals surface area contributed by atoms with Crippen LogP contribution >= 0.6 is 11.3 Å². The Labute approximate surface area is 165 Å². The van der Waals surface area contributed by atoms with Gasteiger partial charge in [0.15, 0.2) is 23.2 Å². The fraction of sp³-hybridized carbons (Fsp3) is 0.150. The number of nitrogens with one attached hydrogen (secondary N) is 1. The largest absolute Gasteiger partial charge is 0.497 e. The first-order valence-electron chi connectivity index (χ1n) is 8.30. The lowest BCUT2D eigenvalue weighted by Gasteiger charge is -2.05. The molecule has 0 aliphatic carbocycles. The maximum absolute atomic E-state index is 12.1. The summed E-state index contributed by atoms with van der Waals surface area (Å²) in [6.07, 6.45) is 0. The fourth-order valence-corrected chi connectivity index (χ4v) is 2.99. The molecule has 2 aromatic carbocycles. The second-order valence-corrected chi connectivity index (χ2v) is 6.48. The van der Waals surface area contributed by atoms with Crippen LogP contribution in [0.2, 0.25) is 0 Å². The molecule has 0 amide bonds. The molecule has 0 unspecified atom stereocenters. The highest BCUT2D eigenvalue weighted by Crippen LogP contribution is 2.23. The van der Waals surface area contributed by atoms with Crippen molar-refractivity contribution in [3.63, 3.8) is 0 Å². The Bertz CT molecular complexity index is 951. The number of aromatic nitrogens is 1. The number of rotatable bonds is 8. The molecular formula is C20H18N2O5S. The van der Waals surface area contributed by atoms with E-state index < -0.39 is 5.97 Å². The van der Waals surface area contributed by atoms with E-state index in [1.54, 1.807) is 43.9 Å². The van der Waals surface area contributed by atoms with Gasteiger partial charge in [-0.3, -0.25) is 4.79 Å². The van der Waals surface area contributed by atoms with Crippen molar-refractivity contribution in [3.05, 3.63) is 65.2 Å². The average molecular weight is 398 g/mol. The van der Waals surface area contributed by atoms with Gasteiger partial charge in [-0.2, -0.15) is 0 Å². The van der Waals surface area contributed by atoms with Crippen LogP contribution in [-0.4, -0.2) is 37.6 Å². The third kappa shape index (κ3) is 4.86. The van der Waals surface area contributed by atoms with Crippen molar-refractivity contribution in [2.24, 2.45) is 0 Å². The Hall–Kier alpha value is -3.39. The first-order chi connectivity index (χ1) is 13.6. The van der Waals surface area contributed by atoms with Gasteiger partial charge < -0.3 is 19.5 Å². The Kier molecular flexibility index (Phi) is 6.23. The van der Waals surface area contributed by atoms with Gasteiger partial charge >= 0.3 is 5.97 Å². The summed E-state index contributed by atoms with van der Waals surface area (Å²) in [5.41, 5.74) is 1.39. The maximum Gasteiger partial charge on any atom is 0.358 e.